The average Bonchev–Trinajstić information content (AvgIpc) is 2.47. The number of unbranched alkanes of at least 4 members (excludes halogenated alkanes) is 2. The summed E-state index contributed by atoms with van der Waals surface area (Å²) in [6.45, 7) is 5.80. The molecule has 0 amide bonds. The maximum absolute atomic E-state index is 12.2. The van der Waals surface area contributed by atoms with Gasteiger partial charge in [0.05, 0.1) is 22.7 Å². The highest BCUT2D eigenvalue weighted by Gasteiger charge is 2.23. The van der Waals surface area contributed by atoms with E-state index in [0.717, 1.165) is 24.8 Å². The number of Topliss-reactive ketones (excluding diaryl/α,β-unsaturated/α-hetero) is 1. The van der Waals surface area contributed by atoms with E-state index in [4.69, 9.17) is 0 Å². The van der Waals surface area contributed by atoms with E-state index in [2.05, 4.69) is 6.92 Å². The van der Waals surface area contributed by atoms with Crippen molar-refractivity contribution >= 4 is 16.6 Å². The molecular weight excluding hydrogens is 284 g/mol. The second kappa shape index (κ2) is 9.11. The second-order valence-corrected chi connectivity index (χ2v) is 7.07. The third-order valence-corrected chi connectivity index (χ3v) is 5.09. The molecule has 0 bridgehead atoms. The molecule has 0 heterocycles. The minimum Gasteiger partial charge on any atom is -0.392 e. The van der Waals surface area contributed by atoms with Gasteiger partial charge in [-0.05, 0) is 25.5 Å². The molecule has 3 atom stereocenters. The zero-order chi connectivity index (χ0) is 15.8. The minimum atomic E-state index is -1.33. The topological polar surface area (TPSA) is 54.4 Å². The van der Waals surface area contributed by atoms with Crippen LogP contribution in [0.5, 0.6) is 0 Å². The van der Waals surface area contributed by atoms with E-state index in [9.17, 15) is 14.1 Å². The van der Waals surface area contributed by atoms with E-state index >= 15 is 0 Å². The van der Waals surface area contributed by atoms with E-state index in [0.29, 0.717) is 11.3 Å². The predicted molar refractivity (Wildman–Crippen MR) is 86.8 cm³/mol. The monoisotopic (exact) mass is 310 g/mol. The Morgan fingerprint density at radius 2 is 1.86 bits per heavy atom. The molecule has 0 saturated heterocycles. The van der Waals surface area contributed by atoms with Crippen LogP contribution in [0, 0.1) is 12.8 Å². The number of aliphatic hydroxyl groups excluding tert-OH is 1. The molecule has 0 radical (unpaired) electrons. The lowest BCUT2D eigenvalue weighted by Crippen LogP contribution is -2.29. The van der Waals surface area contributed by atoms with Crippen LogP contribution in [0.3, 0.4) is 0 Å². The molecular formula is C17H26O3S. The van der Waals surface area contributed by atoms with Gasteiger partial charge in [-0.15, -0.1) is 0 Å². The summed E-state index contributed by atoms with van der Waals surface area (Å²) >= 11 is 0. The first-order chi connectivity index (χ1) is 9.95. The van der Waals surface area contributed by atoms with E-state index in [-0.39, 0.29) is 11.5 Å². The van der Waals surface area contributed by atoms with Crippen LogP contribution in [0.25, 0.3) is 0 Å². The fraction of sp³-hybridized carbons (Fsp3) is 0.588. The summed E-state index contributed by atoms with van der Waals surface area (Å²) in [5, 5.41) is 10.0. The lowest BCUT2D eigenvalue weighted by molar-refractivity contribution is -0.123. The minimum absolute atomic E-state index is 0.0188. The van der Waals surface area contributed by atoms with Crippen molar-refractivity contribution in [2.24, 2.45) is 5.92 Å². The molecule has 0 aliphatic rings. The van der Waals surface area contributed by atoms with Crippen LogP contribution in [-0.2, 0) is 15.6 Å². The largest absolute Gasteiger partial charge is 0.392 e. The maximum atomic E-state index is 12.2. The zero-order valence-electron chi connectivity index (χ0n) is 13.2. The number of carbonyl (C=O) groups excluding carboxylic acids is 1. The van der Waals surface area contributed by atoms with Crippen molar-refractivity contribution in [1.29, 1.82) is 0 Å². The fourth-order valence-corrected chi connectivity index (χ4v) is 3.23. The molecule has 21 heavy (non-hydrogen) atoms. The van der Waals surface area contributed by atoms with E-state index in [1.165, 1.54) is 0 Å². The van der Waals surface area contributed by atoms with E-state index in [1.807, 2.05) is 19.1 Å². The molecule has 0 unspecified atom stereocenters. The number of hydrogen-bond donors (Lipinski definition) is 1. The van der Waals surface area contributed by atoms with Crippen LogP contribution in [0.1, 0.15) is 45.1 Å². The Bertz CT molecular complexity index is 467. The summed E-state index contributed by atoms with van der Waals surface area (Å²) < 4.78 is 12.2. The van der Waals surface area contributed by atoms with E-state index < -0.39 is 22.8 Å². The van der Waals surface area contributed by atoms with Crippen molar-refractivity contribution in [2.75, 3.05) is 5.75 Å². The fourth-order valence-electron chi connectivity index (χ4n) is 2.10. The van der Waals surface area contributed by atoms with Gasteiger partial charge in [0.1, 0.15) is 0 Å². The van der Waals surface area contributed by atoms with Crippen LogP contribution in [0.2, 0.25) is 0 Å². The van der Waals surface area contributed by atoms with Gasteiger partial charge in [-0.2, -0.15) is 0 Å². The molecule has 0 saturated carbocycles. The first-order valence-corrected chi connectivity index (χ1v) is 8.93. The van der Waals surface area contributed by atoms with Gasteiger partial charge in [0.15, 0.2) is 5.78 Å². The Hall–Kier alpha value is -1.00. The third kappa shape index (κ3) is 6.10. The van der Waals surface area contributed by atoms with Crippen molar-refractivity contribution in [3.63, 3.8) is 0 Å². The summed E-state index contributed by atoms with van der Waals surface area (Å²) in [5.74, 6) is -0.594. The lowest BCUT2D eigenvalue weighted by Gasteiger charge is -2.17. The molecule has 0 aliphatic heterocycles. The van der Waals surface area contributed by atoms with E-state index in [1.54, 1.807) is 19.1 Å². The molecule has 0 spiro atoms. The van der Waals surface area contributed by atoms with Crippen molar-refractivity contribution in [1.82, 2.24) is 0 Å². The number of ketones is 1. The first kappa shape index (κ1) is 18.1. The highest BCUT2D eigenvalue weighted by atomic mass is 32.2. The van der Waals surface area contributed by atoms with Crippen LogP contribution in [0.4, 0.5) is 0 Å². The summed E-state index contributed by atoms with van der Waals surface area (Å²) in [4.78, 5) is 12.8. The summed E-state index contributed by atoms with van der Waals surface area (Å²) in [6, 6.07) is 7.36. The molecule has 4 heteroatoms. The Labute approximate surface area is 130 Å². The molecule has 3 nitrogen and oxygen atoms in total. The van der Waals surface area contributed by atoms with Gasteiger partial charge >= 0.3 is 0 Å². The molecule has 1 aromatic rings. The number of carbonyl (C=O) groups is 1. The normalized spacial score (nSPS) is 15.4. The molecule has 1 rings (SSSR count). The summed E-state index contributed by atoms with van der Waals surface area (Å²) in [6.07, 6.45) is 3.09. The van der Waals surface area contributed by atoms with Crippen LogP contribution >= 0.6 is 0 Å². The SMILES string of the molecule is CCCCC[C@H](O)[C@@H](C)C(=O)C[S@@](=O)c1ccc(C)cc1. The molecule has 1 N–H and O–H groups in total. The number of aliphatic hydroxyl groups is 1. The zero-order valence-corrected chi connectivity index (χ0v) is 14.0. The highest BCUT2D eigenvalue weighted by Crippen LogP contribution is 2.15. The van der Waals surface area contributed by atoms with Gasteiger partial charge in [-0.1, -0.05) is 50.8 Å². The van der Waals surface area contributed by atoms with Crippen LogP contribution in [0.15, 0.2) is 29.2 Å². The Kier molecular flexibility index (Phi) is 7.83. The number of aryl methyl sites for hydroxylation is 1. The number of rotatable bonds is 9. The van der Waals surface area contributed by atoms with Gasteiger partial charge in [0.25, 0.3) is 0 Å². The average molecular weight is 310 g/mol. The Balaban J connectivity index is 2.51. The molecule has 0 aromatic heterocycles. The van der Waals surface area contributed by atoms with Crippen LogP contribution in [-0.4, -0.2) is 27.0 Å². The number of hydrogen-bond acceptors (Lipinski definition) is 3. The van der Waals surface area contributed by atoms with Gasteiger partial charge < -0.3 is 5.11 Å². The highest BCUT2D eigenvalue weighted by molar-refractivity contribution is 7.85. The van der Waals surface area contributed by atoms with Gasteiger partial charge in [-0.25, -0.2) is 0 Å². The van der Waals surface area contributed by atoms with Gasteiger partial charge in [-0.3, -0.25) is 9.00 Å². The van der Waals surface area contributed by atoms with Gasteiger partial charge in [0, 0.05) is 10.8 Å². The summed E-state index contributed by atoms with van der Waals surface area (Å²) in [5.41, 5.74) is 1.10. The van der Waals surface area contributed by atoms with Gasteiger partial charge in [0.2, 0.25) is 0 Å². The molecule has 0 fully saturated rings. The first-order valence-electron chi connectivity index (χ1n) is 7.61. The quantitative estimate of drug-likeness (QED) is 0.712. The lowest BCUT2D eigenvalue weighted by atomic mass is 9.96. The molecule has 0 aliphatic carbocycles. The van der Waals surface area contributed by atoms with Crippen molar-refractivity contribution in [3.05, 3.63) is 29.8 Å². The molecule has 118 valence electrons. The smallest absolute Gasteiger partial charge is 0.151 e. The van der Waals surface area contributed by atoms with Crippen molar-refractivity contribution in [3.8, 4) is 0 Å². The number of benzene rings is 1. The second-order valence-electron chi connectivity index (χ2n) is 5.62. The third-order valence-electron chi connectivity index (χ3n) is 3.75. The van der Waals surface area contributed by atoms with Crippen LogP contribution < -0.4 is 0 Å². The summed E-state index contributed by atoms with van der Waals surface area (Å²) in [7, 11) is -1.33. The predicted octanol–water partition coefficient (Wildman–Crippen LogP) is 3.25. The van der Waals surface area contributed by atoms with Crippen molar-refractivity contribution < 1.29 is 14.1 Å². The Morgan fingerprint density at radius 3 is 2.43 bits per heavy atom. The van der Waals surface area contributed by atoms with Crippen molar-refractivity contribution in [2.45, 2.75) is 57.5 Å². The standard InChI is InChI=1S/C17H26O3S/c1-4-5-6-7-16(18)14(3)17(19)12-21(20)15-10-8-13(2)9-11-15/h8-11,14,16,18H,4-7,12H2,1-3H3/t14-,16+,21-/m1/s1. The Morgan fingerprint density at radius 1 is 1.24 bits per heavy atom. The maximum Gasteiger partial charge on any atom is 0.151 e. The molecule has 1 aromatic carbocycles.